The Morgan fingerprint density at radius 2 is 1.10 bits per heavy atom. The number of aliphatic hydroxyl groups excluding tert-OH is 1. The van der Waals surface area contributed by atoms with E-state index in [9.17, 15) is 52.9 Å². The van der Waals surface area contributed by atoms with Crippen molar-refractivity contribution >= 4 is 97.3 Å². The molecular formula is C62H82F2N12O11S4. The molecule has 8 heterocycles. The lowest BCUT2D eigenvalue weighted by Crippen LogP contribution is -2.64. The van der Waals surface area contributed by atoms with Crippen LogP contribution >= 0.6 is 49.7 Å². The molecule has 0 saturated carbocycles. The second kappa shape index (κ2) is 28.9. The maximum absolute atomic E-state index is 14.8. The first-order valence-electron chi connectivity index (χ1n) is 29.6. The Bertz CT molecular complexity index is 3510. The van der Waals surface area contributed by atoms with E-state index in [1.807, 2.05) is 20.6 Å². The van der Waals surface area contributed by atoms with Gasteiger partial charge in [0.05, 0.1) is 52.9 Å². The molecule has 29 heteroatoms. The number of amidine groups is 2. The van der Waals surface area contributed by atoms with E-state index in [0.29, 0.717) is 107 Å². The van der Waals surface area contributed by atoms with Crippen LogP contribution in [0.2, 0.25) is 0 Å². The highest BCUT2D eigenvalue weighted by atomic mass is 32.1. The number of carboxylic acids is 2. The summed E-state index contributed by atoms with van der Waals surface area (Å²) in [5.74, 6) is -2.92. The van der Waals surface area contributed by atoms with Crippen LogP contribution in [-0.4, -0.2) is 212 Å². The third-order valence-electron chi connectivity index (χ3n) is 17.5. The van der Waals surface area contributed by atoms with Crippen LogP contribution in [0.15, 0.2) is 92.1 Å². The molecule has 2 unspecified atom stereocenters. The summed E-state index contributed by atoms with van der Waals surface area (Å²) in [7, 11) is 0. The number of nitrogens with one attached hydrogen (secondary N) is 2. The molecule has 4 aromatic rings. The van der Waals surface area contributed by atoms with Crippen molar-refractivity contribution in [3.8, 4) is 0 Å². The predicted molar refractivity (Wildman–Crippen MR) is 350 cm³/mol. The van der Waals surface area contributed by atoms with Gasteiger partial charge in [0.25, 0.3) is 0 Å². The van der Waals surface area contributed by atoms with Crippen molar-refractivity contribution in [2.45, 2.75) is 92.4 Å². The van der Waals surface area contributed by atoms with Crippen molar-refractivity contribution in [3.63, 3.8) is 0 Å². The first kappa shape index (κ1) is 71.4. The van der Waals surface area contributed by atoms with Gasteiger partial charge in [-0.1, -0.05) is 38.1 Å². The molecule has 4 fully saturated rings. The summed E-state index contributed by atoms with van der Waals surface area (Å²) in [6.07, 6.45) is 3.33. The Labute approximate surface area is 550 Å². The van der Waals surface area contributed by atoms with Gasteiger partial charge in [0, 0.05) is 113 Å². The third kappa shape index (κ3) is 14.5. The van der Waals surface area contributed by atoms with Gasteiger partial charge >= 0.3 is 35.9 Å². The molecule has 494 valence electrons. The summed E-state index contributed by atoms with van der Waals surface area (Å²) in [5.41, 5.74) is -0.294. The van der Waals surface area contributed by atoms with Crippen LogP contribution in [0.3, 0.4) is 0 Å². The van der Waals surface area contributed by atoms with Crippen LogP contribution in [0, 0.1) is 42.2 Å². The standard InChI is InChI=1S/C32H41FN6O5S.C30H37FN6O6S.2H2S/c1-7-44-28(40)24-23(35-26(27-34-11-14-45-27)36-25(24)21-9-8-10-22(33)20(21)4)15-37-12-13-39-30(43)38(16-31(5,6)29(41)42)18-32(39,17-37)19(2)3;1-5-43-26(39)22-21(33-24(25-32-9-12-44-25)34-23(22)19-7-6-8-20(31)18(19)2)13-35-10-11-37-28(42)36(14-29(3,4)27(40)41)16-30(37,15-35)17-38;;/h8-11,14,19,25H,7,12-13,15-18H2,1-6H3,(H,35,36)(H,41,42);6-9,12,23,38H,5,10-11,13-17H2,1-4H3,(H,33,34)(H,40,41);2*1H2/t25-,32?;23-,30?;;/m00../s1. The van der Waals surface area contributed by atoms with E-state index in [2.05, 4.69) is 39.3 Å². The second-order valence-corrected chi connectivity index (χ2v) is 26.6. The molecule has 0 spiro atoms. The molecule has 6 aliphatic rings. The van der Waals surface area contributed by atoms with Gasteiger partial charge in [-0.3, -0.25) is 29.4 Å². The number of hydrogen-bond acceptors (Lipinski definition) is 19. The first-order chi connectivity index (χ1) is 42.2. The lowest BCUT2D eigenvalue weighted by Gasteiger charge is -2.48. The van der Waals surface area contributed by atoms with Crippen molar-refractivity contribution in [1.82, 2.24) is 50.0 Å². The minimum Gasteiger partial charge on any atom is -0.481 e. The minimum atomic E-state index is -1.17. The number of nitrogens with zero attached hydrogens (tertiary/aromatic N) is 10. The number of rotatable bonds is 20. The maximum Gasteiger partial charge on any atom is 0.338 e. The topological polar surface area (TPSA) is 276 Å². The second-order valence-electron chi connectivity index (χ2n) is 24.8. The summed E-state index contributed by atoms with van der Waals surface area (Å²) < 4.78 is 40.6. The fraction of sp³-hybridized carbons (Fsp3) is 0.516. The molecule has 4 atom stereocenters. The summed E-state index contributed by atoms with van der Waals surface area (Å²) in [5, 5.41) is 41.5. The molecule has 91 heavy (non-hydrogen) atoms. The number of thiazole rings is 2. The molecule has 0 aliphatic carbocycles. The van der Waals surface area contributed by atoms with Crippen LogP contribution in [0.5, 0.6) is 0 Å². The molecule has 2 aromatic carbocycles. The number of amides is 4. The van der Waals surface area contributed by atoms with Crippen molar-refractivity contribution in [2.75, 3.05) is 98.4 Å². The van der Waals surface area contributed by atoms with Gasteiger partial charge in [-0.15, -0.1) is 22.7 Å². The Morgan fingerprint density at radius 1 is 0.670 bits per heavy atom. The number of aliphatic carboxylic acids is 2. The van der Waals surface area contributed by atoms with E-state index in [1.54, 1.807) is 102 Å². The van der Waals surface area contributed by atoms with Crippen LogP contribution < -0.4 is 10.6 Å². The van der Waals surface area contributed by atoms with Crippen molar-refractivity contribution in [2.24, 2.45) is 26.7 Å². The molecular weight excluding hydrogens is 1260 g/mol. The Balaban J connectivity index is 0.000000253. The van der Waals surface area contributed by atoms with Crippen molar-refractivity contribution < 1.29 is 62.3 Å². The fourth-order valence-corrected chi connectivity index (χ4v) is 13.7. The number of carboxylic acid groups (broad SMARTS) is 2. The van der Waals surface area contributed by atoms with E-state index in [1.165, 1.54) is 39.7 Å². The molecule has 23 nitrogen and oxygen atoms in total. The highest BCUT2D eigenvalue weighted by Gasteiger charge is 2.56. The van der Waals surface area contributed by atoms with Gasteiger partial charge in [0.2, 0.25) is 0 Å². The zero-order chi connectivity index (χ0) is 64.5. The molecule has 10 rings (SSSR count). The predicted octanol–water partition coefficient (Wildman–Crippen LogP) is 6.68. The summed E-state index contributed by atoms with van der Waals surface area (Å²) in [6, 6.07) is 7.30. The molecule has 4 saturated heterocycles. The van der Waals surface area contributed by atoms with E-state index in [0.717, 1.165) is 0 Å². The lowest BCUT2D eigenvalue weighted by molar-refractivity contribution is -0.148. The molecule has 2 aromatic heterocycles. The molecule has 0 bridgehead atoms. The van der Waals surface area contributed by atoms with E-state index >= 15 is 0 Å². The van der Waals surface area contributed by atoms with E-state index in [4.69, 9.17) is 19.5 Å². The molecule has 6 aliphatic heterocycles. The summed E-state index contributed by atoms with van der Waals surface area (Å²) >= 11 is 2.77. The monoisotopic (exact) mass is 1340 g/mol. The number of piperazine rings is 2. The average Bonchev–Trinajstić information content (AvgIpc) is 2.03. The number of aromatic nitrogens is 2. The number of ether oxygens (including phenoxy) is 2. The van der Waals surface area contributed by atoms with Crippen LogP contribution in [0.1, 0.15) is 99.7 Å². The Hall–Kier alpha value is -7.02. The van der Waals surface area contributed by atoms with Gasteiger partial charge in [0.1, 0.15) is 23.7 Å². The fourth-order valence-electron chi connectivity index (χ4n) is 12.5. The highest BCUT2D eigenvalue weighted by Crippen LogP contribution is 2.42. The quantitative estimate of drug-likeness (QED) is 0.0577. The zero-order valence-corrected chi connectivity index (χ0v) is 56.4. The normalized spacial score (nSPS) is 22.0. The molecule has 4 amide bonds. The highest BCUT2D eigenvalue weighted by molar-refractivity contribution is 7.59. The van der Waals surface area contributed by atoms with Crippen molar-refractivity contribution in [1.29, 1.82) is 0 Å². The SMILES string of the molecule is CCOC(=O)C1=C(CN2CCN3C(=O)N(CC(C)(C)C(=O)O)CC3(C(C)C)C2)NC(c2nccs2)=N[C@H]1c1cccc(F)c1C.CCOC(=O)C1=C(CN2CCN3C(=O)N(CC(C)(C)C(=O)O)CC3(CO)C2)NC(c2nccs2)=N[C@H]1c1cccc(F)c1C.S.S. The lowest BCUT2D eigenvalue weighted by atomic mass is 9.83. The number of benzene rings is 2. The smallest absolute Gasteiger partial charge is 0.338 e. The van der Waals surface area contributed by atoms with Gasteiger partial charge in [-0.2, -0.15) is 27.0 Å². The van der Waals surface area contributed by atoms with Crippen LogP contribution in [0.25, 0.3) is 0 Å². The average molecular weight is 1340 g/mol. The Kier molecular flexibility index (Phi) is 22.7. The van der Waals surface area contributed by atoms with E-state index in [-0.39, 0.29) is 103 Å². The minimum absolute atomic E-state index is 0. The Morgan fingerprint density at radius 3 is 1.51 bits per heavy atom. The maximum atomic E-state index is 14.8. The number of halogens is 2. The number of aliphatic hydroxyl groups is 1. The van der Waals surface area contributed by atoms with Gasteiger partial charge < -0.3 is 55.0 Å². The number of fused-ring (bicyclic) bond motifs is 2. The number of carbonyl (C=O) groups is 6. The summed E-state index contributed by atoms with van der Waals surface area (Å²) in [4.78, 5) is 107. The van der Waals surface area contributed by atoms with Crippen molar-refractivity contribution in [3.05, 3.63) is 126 Å². The molecule has 5 N–H and O–H groups in total. The first-order valence-corrected chi connectivity index (χ1v) is 31.4. The van der Waals surface area contributed by atoms with Gasteiger partial charge in [-0.05, 0) is 95.7 Å². The van der Waals surface area contributed by atoms with E-state index < -0.39 is 69.5 Å². The summed E-state index contributed by atoms with van der Waals surface area (Å²) in [6.45, 7) is 20.9. The number of hydrogen-bond donors (Lipinski definition) is 5. The number of carbonyl (C=O) groups excluding carboxylic acids is 4. The number of esters is 2. The van der Waals surface area contributed by atoms with Gasteiger partial charge in [-0.25, -0.2) is 37.9 Å². The number of aliphatic imine (C=N–C) groups is 2. The van der Waals surface area contributed by atoms with Gasteiger partial charge in [0.15, 0.2) is 21.7 Å². The zero-order valence-electron chi connectivity index (χ0n) is 52.8. The third-order valence-corrected chi connectivity index (χ3v) is 19.1. The largest absolute Gasteiger partial charge is 0.481 e. The van der Waals surface area contributed by atoms with Crippen LogP contribution in [0.4, 0.5) is 18.4 Å². The van der Waals surface area contributed by atoms with Crippen LogP contribution in [-0.2, 0) is 28.7 Å². The molecule has 0 radical (unpaired) electrons. The number of urea groups is 2.